The largest absolute Gasteiger partial charge is 0.491 e. The van der Waals surface area contributed by atoms with Crippen LogP contribution in [0.2, 0.25) is 0 Å². The summed E-state index contributed by atoms with van der Waals surface area (Å²) in [4.78, 5) is 0. The number of hydrogen-bond donors (Lipinski definition) is 1. The van der Waals surface area contributed by atoms with Crippen molar-refractivity contribution in [2.45, 2.75) is 45.1 Å². The average molecular weight is 416 g/mol. The highest BCUT2D eigenvalue weighted by atomic mass is 79.9. The second-order valence-electron chi connectivity index (χ2n) is 5.88. The van der Waals surface area contributed by atoms with Crippen molar-refractivity contribution in [1.82, 2.24) is 0 Å². The number of halogens is 2. The van der Waals surface area contributed by atoms with Gasteiger partial charge in [0, 0.05) is 17.9 Å². The average Bonchev–Trinajstić information content (AvgIpc) is 3.18. The van der Waals surface area contributed by atoms with Crippen LogP contribution in [0.3, 0.4) is 0 Å². The van der Waals surface area contributed by atoms with Gasteiger partial charge in [-0.25, -0.2) is 0 Å². The molecule has 1 aromatic rings. The Bertz CT molecular complexity index is 527. The van der Waals surface area contributed by atoms with Crippen LogP contribution in [0, 0.1) is 16.7 Å². The quantitative estimate of drug-likeness (QED) is 0.709. The van der Waals surface area contributed by atoms with E-state index in [-0.39, 0.29) is 11.5 Å². The Labute approximate surface area is 143 Å². The number of hydrogen-bond acceptors (Lipinski definition) is 3. The van der Waals surface area contributed by atoms with E-state index in [9.17, 15) is 0 Å². The van der Waals surface area contributed by atoms with Crippen LogP contribution in [0.4, 0.5) is 0 Å². The molecule has 0 heterocycles. The predicted molar refractivity (Wildman–Crippen MR) is 91.2 cm³/mol. The lowest BCUT2D eigenvalue weighted by Crippen LogP contribution is -2.21. The molecule has 114 valence electrons. The number of nitriles is 1. The molecule has 3 nitrogen and oxygen atoms in total. The van der Waals surface area contributed by atoms with Crippen LogP contribution in [0.15, 0.2) is 21.1 Å². The van der Waals surface area contributed by atoms with Crippen LogP contribution in [-0.4, -0.2) is 12.6 Å². The fraction of sp³-hybridized carbons (Fsp3) is 0.562. The number of benzene rings is 1. The highest BCUT2D eigenvalue weighted by molar-refractivity contribution is 9.11. The molecule has 2 N–H and O–H groups in total. The zero-order valence-electron chi connectivity index (χ0n) is 12.2. The van der Waals surface area contributed by atoms with Gasteiger partial charge in [-0.1, -0.05) is 6.92 Å². The van der Waals surface area contributed by atoms with Gasteiger partial charge < -0.3 is 10.5 Å². The van der Waals surface area contributed by atoms with Crippen LogP contribution in [0.25, 0.3) is 0 Å². The highest BCUT2D eigenvalue weighted by Gasteiger charge is 2.43. The van der Waals surface area contributed by atoms with E-state index in [1.807, 2.05) is 0 Å². The molecule has 0 spiro atoms. The molecule has 21 heavy (non-hydrogen) atoms. The van der Waals surface area contributed by atoms with Crippen LogP contribution < -0.4 is 10.5 Å². The Morgan fingerprint density at radius 2 is 2.00 bits per heavy atom. The van der Waals surface area contributed by atoms with E-state index in [0.717, 1.165) is 40.4 Å². The summed E-state index contributed by atoms with van der Waals surface area (Å²) in [7, 11) is 0. The van der Waals surface area contributed by atoms with E-state index in [1.165, 1.54) is 5.56 Å². The van der Waals surface area contributed by atoms with Gasteiger partial charge in [-0.15, -0.1) is 0 Å². The molecule has 1 aliphatic carbocycles. The first kappa shape index (κ1) is 16.8. The molecule has 1 fully saturated rings. The van der Waals surface area contributed by atoms with Crippen molar-refractivity contribution in [2.24, 2.45) is 11.1 Å². The summed E-state index contributed by atoms with van der Waals surface area (Å²) >= 11 is 7.15. The van der Waals surface area contributed by atoms with Gasteiger partial charge >= 0.3 is 0 Å². The van der Waals surface area contributed by atoms with Crippen molar-refractivity contribution < 1.29 is 4.74 Å². The van der Waals surface area contributed by atoms with Crippen molar-refractivity contribution >= 4 is 31.9 Å². The molecule has 0 amide bonds. The van der Waals surface area contributed by atoms with Crippen molar-refractivity contribution in [3.05, 3.63) is 26.6 Å². The van der Waals surface area contributed by atoms with E-state index < -0.39 is 0 Å². The molecule has 0 saturated heterocycles. The van der Waals surface area contributed by atoms with Gasteiger partial charge in [0.05, 0.1) is 21.6 Å². The van der Waals surface area contributed by atoms with Crippen LogP contribution in [0.1, 0.15) is 38.2 Å². The van der Waals surface area contributed by atoms with Gasteiger partial charge in [0.15, 0.2) is 0 Å². The van der Waals surface area contributed by atoms with Crippen molar-refractivity contribution in [1.29, 1.82) is 5.26 Å². The maximum atomic E-state index is 8.86. The molecular weight excluding hydrogens is 396 g/mol. The fourth-order valence-corrected chi connectivity index (χ4v) is 3.77. The molecule has 5 heteroatoms. The van der Waals surface area contributed by atoms with E-state index >= 15 is 0 Å². The Morgan fingerprint density at radius 1 is 1.38 bits per heavy atom. The minimum atomic E-state index is 0.0802. The third kappa shape index (κ3) is 4.45. The summed E-state index contributed by atoms with van der Waals surface area (Å²) in [5.41, 5.74) is 7.28. The summed E-state index contributed by atoms with van der Waals surface area (Å²) in [6.45, 7) is 2.70. The second kappa shape index (κ2) is 7.13. The van der Waals surface area contributed by atoms with Crippen molar-refractivity contribution in [2.75, 3.05) is 6.61 Å². The zero-order valence-corrected chi connectivity index (χ0v) is 15.3. The first-order valence-electron chi connectivity index (χ1n) is 7.23. The molecule has 0 aromatic heterocycles. The molecule has 0 aliphatic heterocycles. The normalized spacial score (nSPS) is 17.1. The zero-order chi connectivity index (χ0) is 15.5. The summed E-state index contributed by atoms with van der Waals surface area (Å²) in [6, 6.07) is 6.58. The van der Waals surface area contributed by atoms with Crippen molar-refractivity contribution in [3.63, 3.8) is 0 Å². The molecule has 2 rings (SSSR count). The number of nitrogens with two attached hydrogens (primary N) is 1. The van der Waals surface area contributed by atoms with E-state index in [4.69, 9.17) is 15.7 Å². The molecule has 1 saturated carbocycles. The lowest BCUT2D eigenvalue weighted by atomic mass is 10.0. The molecule has 1 aromatic carbocycles. The lowest BCUT2D eigenvalue weighted by Gasteiger charge is -2.17. The van der Waals surface area contributed by atoms with Gasteiger partial charge in [0.1, 0.15) is 5.75 Å². The smallest absolute Gasteiger partial charge is 0.147 e. The predicted octanol–water partition coefficient (Wildman–Crippen LogP) is 4.56. The van der Waals surface area contributed by atoms with Gasteiger partial charge in [-0.05, 0) is 75.2 Å². The van der Waals surface area contributed by atoms with E-state index in [2.05, 4.69) is 57.0 Å². The van der Waals surface area contributed by atoms with Gasteiger partial charge in [-0.3, -0.25) is 0 Å². The highest BCUT2D eigenvalue weighted by Crippen LogP contribution is 2.49. The standard InChI is InChI=1S/C16H20Br2N2O/c1-2-12(20)7-11-8-13(17)15(14(18)9-11)21-10-16(3-4-16)5-6-19/h8-9,12H,2-5,7,10,20H2,1H3. The molecule has 1 atom stereocenters. The van der Waals surface area contributed by atoms with Crippen molar-refractivity contribution in [3.8, 4) is 11.8 Å². The third-order valence-electron chi connectivity index (χ3n) is 4.01. The molecule has 1 unspecified atom stereocenters. The van der Waals surface area contributed by atoms with Gasteiger partial charge in [0.2, 0.25) is 0 Å². The van der Waals surface area contributed by atoms with Gasteiger partial charge in [0.25, 0.3) is 0 Å². The lowest BCUT2D eigenvalue weighted by molar-refractivity contribution is 0.234. The van der Waals surface area contributed by atoms with Crippen LogP contribution in [0.5, 0.6) is 5.75 Å². The molecular formula is C16H20Br2N2O. The maximum Gasteiger partial charge on any atom is 0.147 e. The maximum absolute atomic E-state index is 8.86. The number of nitrogens with zero attached hydrogens (tertiary/aromatic N) is 1. The minimum Gasteiger partial charge on any atom is -0.491 e. The number of ether oxygens (including phenoxy) is 1. The third-order valence-corrected chi connectivity index (χ3v) is 5.19. The molecule has 0 bridgehead atoms. The minimum absolute atomic E-state index is 0.0802. The molecule has 0 radical (unpaired) electrons. The summed E-state index contributed by atoms with van der Waals surface area (Å²) in [5, 5.41) is 8.86. The number of rotatable bonds is 7. The first-order valence-corrected chi connectivity index (χ1v) is 8.81. The first-order chi connectivity index (χ1) is 9.99. The van der Waals surface area contributed by atoms with E-state index in [1.54, 1.807) is 0 Å². The summed E-state index contributed by atoms with van der Waals surface area (Å²) in [6.07, 6.45) is 4.56. The van der Waals surface area contributed by atoms with Gasteiger partial charge in [-0.2, -0.15) is 5.26 Å². The SMILES string of the molecule is CCC(N)Cc1cc(Br)c(OCC2(CC#N)CC2)c(Br)c1. The summed E-state index contributed by atoms with van der Waals surface area (Å²) < 4.78 is 7.82. The molecule has 1 aliphatic rings. The Morgan fingerprint density at radius 3 is 2.48 bits per heavy atom. The summed E-state index contributed by atoms with van der Waals surface area (Å²) in [5.74, 6) is 0.813. The Kier molecular flexibility index (Phi) is 5.70. The van der Waals surface area contributed by atoms with Crippen LogP contribution >= 0.6 is 31.9 Å². The van der Waals surface area contributed by atoms with E-state index in [0.29, 0.717) is 13.0 Å². The van der Waals surface area contributed by atoms with Crippen LogP contribution in [-0.2, 0) is 6.42 Å². The Hall–Kier alpha value is -0.570. The Balaban J connectivity index is 2.05. The fourth-order valence-electron chi connectivity index (χ4n) is 2.26. The second-order valence-corrected chi connectivity index (χ2v) is 7.59. The monoisotopic (exact) mass is 414 g/mol. The topological polar surface area (TPSA) is 59.0 Å².